The van der Waals surface area contributed by atoms with Gasteiger partial charge in [-0.25, -0.2) is 0 Å². The van der Waals surface area contributed by atoms with Gasteiger partial charge in [0.25, 0.3) is 0 Å². The summed E-state index contributed by atoms with van der Waals surface area (Å²) in [7, 11) is 0. The van der Waals surface area contributed by atoms with Crippen molar-refractivity contribution in [2.75, 3.05) is 25.5 Å². The van der Waals surface area contributed by atoms with E-state index in [9.17, 15) is 9.59 Å². The summed E-state index contributed by atoms with van der Waals surface area (Å²) >= 11 is 5.56. The first kappa shape index (κ1) is 13.3. The van der Waals surface area contributed by atoms with E-state index in [0.717, 1.165) is 19.4 Å². The average molecular weight is 247 g/mol. The van der Waals surface area contributed by atoms with E-state index >= 15 is 0 Å². The number of hydrogen-bond donors (Lipinski definition) is 0. The predicted molar refractivity (Wildman–Crippen MR) is 63.4 cm³/mol. The van der Waals surface area contributed by atoms with E-state index in [0.29, 0.717) is 13.1 Å². The zero-order chi connectivity index (χ0) is 12.1. The van der Waals surface area contributed by atoms with Crippen molar-refractivity contribution in [2.24, 2.45) is 0 Å². The molecule has 1 saturated heterocycles. The van der Waals surface area contributed by atoms with Crippen molar-refractivity contribution >= 4 is 23.4 Å². The monoisotopic (exact) mass is 246 g/mol. The minimum absolute atomic E-state index is 0.0243. The first-order valence-corrected chi connectivity index (χ1v) is 6.24. The van der Waals surface area contributed by atoms with Gasteiger partial charge in [-0.3, -0.25) is 9.59 Å². The van der Waals surface area contributed by atoms with Crippen molar-refractivity contribution in [2.45, 2.75) is 32.7 Å². The molecule has 1 aliphatic rings. The molecule has 0 unspecified atom stereocenters. The largest absolute Gasteiger partial charge is 0.341 e. The van der Waals surface area contributed by atoms with Gasteiger partial charge in [0.2, 0.25) is 11.8 Å². The van der Waals surface area contributed by atoms with Gasteiger partial charge in [-0.1, -0.05) is 0 Å². The summed E-state index contributed by atoms with van der Waals surface area (Å²) in [6.07, 6.45) is 1.97. The van der Waals surface area contributed by atoms with Crippen LogP contribution in [0.1, 0.15) is 26.7 Å². The van der Waals surface area contributed by atoms with Gasteiger partial charge in [-0.2, -0.15) is 0 Å². The van der Waals surface area contributed by atoms with Crippen molar-refractivity contribution in [3.63, 3.8) is 0 Å². The van der Waals surface area contributed by atoms with E-state index in [1.165, 1.54) is 0 Å². The summed E-state index contributed by atoms with van der Waals surface area (Å²) in [5, 5.41) is 0. The van der Waals surface area contributed by atoms with Gasteiger partial charge in [0.05, 0.1) is 0 Å². The maximum absolute atomic E-state index is 11.6. The van der Waals surface area contributed by atoms with Crippen molar-refractivity contribution in [3.8, 4) is 0 Å². The van der Waals surface area contributed by atoms with Crippen LogP contribution in [0.2, 0.25) is 0 Å². The Morgan fingerprint density at radius 2 is 2.19 bits per heavy atom. The van der Waals surface area contributed by atoms with E-state index in [4.69, 9.17) is 11.6 Å². The summed E-state index contributed by atoms with van der Waals surface area (Å²) in [6.45, 7) is 5.60. The Bertz CT molecular complexity index is 271. The van der Waals surface area contributed by atoms with Crippen LogP contribution in [0.25, 0.3) is 0 Å². The fourth-order valence-corrected chi connectivity index (χ4v) is 2.32. The number of rotatable bonds is 4. The molecule has 5 heteroatoms. The average Bonchev–Trinajstić information content (AvgIpc) is 2.72. The van der Waals surface area contributed by atoms with Crippen molar-refractivity contribution < 1.29 is 9.59 Å². The smallest absolute Gasteiger partial charge is 0.237 e. The molecule has 92 valence electrons. The third-order valence-electron chi connectivity index (χ3n) is 3.07. The summed E-state index contributed by atoms with van der Waals surface area (Å²) in [6, 6.07) is 0.148. The fourth-order valence-electron chi connectivity index (χ4n) is 2.17. The molecule has 0 spiro atoms. The highest BCUT2D eigenvalue weighted by molar-refractivity contribution is 6.27. The van der Waals surface area contributed by atoms with E-state index in [-0.39, 0.29) is 23.7 Å². The number of halogens is 1. The van der Waals surface area contributed by atoms with Crippen LogP contribution in [0.4, 0.5) is 0 Å². The molecule has 1 atom stereocenters. The second kappa shape index (κ2) is 6.09. The van der Waals surface area contributed by atoms with Crippen molar-refractivity contribution in [1.82, 2.24) is 9.80 Å². The molecule has 0 aromatic heterocycles. The van der Waals surface area contributed by atoms with E-state index in [2.05, 4.69) is 0 Å². The summed E-state index contributed by atoms with van der Waals surface area (Å²) in [5.74, 6) is 0.0688. The molecule has 0 aliphatic carbocycles. The molecular weight excluding hydrogens is 228 g/mol. The third kappa shape index (κ3) is 3.11. The van der Waals surface area contributed by atoms with Gasteiger partial charge < -0.3 is 9.80 Å². The molecule has 0 N–H and O–H groups in total. The van der Waals surface area contributed by atoms with Crippen LogP contribution in [-0.4, -0.2) is 53.2 Å². The summed E-state index contributed by atoms with van der Waals surface area (Å²) in [4.78, 5) is 26.4. The quantitative estimate of drug-likeness (QED) is 0.697. The number of alkyl halides is 1. The zero-order valence-electron chi connectivity index (χ0n) is 9.91. The highest BCUT2D eigenvalue weighted by Crippen LogP contribution is 2.18. The molecule has 0 aromatic rings. The molecule has 0 aromatic carbocycles. The number of carbonyl (C=O) groups excluding carboxylic acids is 2. The van der Waals surface area contributed by atoms with Crippen LogP contribution < -0.4 is 0 Å². The Morgan fingerprint density at radius 3 is 2.69 bits per heavy atom. The Labute approximate surface area is 102 Å². The number of amides is 2. The number of hydrogen-bond acceptors (Lipinski definition) is 2. The van der Waals surface area contributed by atoms with E-state index in [1.807, 2.05) is 6.92 Å². The number of likely N-dealkylation sites (N-methyl/N-ethyl adjacent to an activating group) is 1. The maximum atomic E-state index is 11.6. The lowest BCUT2D eigenvalue weighted by molar-refractivity contribution is -0.133. The minimum Gasteiger partial charge on any atom is -0.341 e. The Morgan fingerprint density at radius 1 is 1.50 bits per heavy atom. The van der Waals surface area contributed by atoms with Gasteiger partial charge in [0, 0.05) is 32.6 Å². The molecule has 1 rings (SSSR count). The van der Waals surface area contributed by atoms with E-state index in [1.54, 1.807) is 16.7 Å². The predicted octanol–water partition coefficient (Wildman–Crippen LogP) is 1.08. The van der Waals surface area contributed by atoms with E-state index < -0.39 is 0 Å². The molecule has 0 saturated carbocycles. The lowest BCUT2D eigenvalue weighted by Gasteiger charge is -2.29. The van der Waals surface area contributed by atoms with Crippen LogP contribution in [0.5, 0.6) is 0 Å². The second-order valence-corrected chi connectivity index (χ2v) is 4.34. The van der Waals surface area contributed by atoms with Crippen LogP contribution in [-0.2, 0) is 9.59 Å². The first-order chi connectivity index (χ1) is 7.60. The number of carbonyl (C=O) groups is 2. The molecule has 1 fully saturated rings. The lowest BCUT2D eigenvalue weighted by atomic mass is 10.2. The highest BCUT2D eigenvalue weighted by atomic mass is 35.5. The van der Waals surface area contributed by atoms with Crippen LogP contribution in [0, 0.1) is 0 Å². The van der Waals surface area contributed by atoms with Crippen molar-refractivity contribution in [3.05, 3.63) is 0 Å². The lowest BCUT2D eigenvalue weighted by Crippen LogP contribution is -2.45. The first-order valence-electron chi connectivity index (χ1n) is 5.71. The summed E-state index contributed by atoms with van der Waals surface area (Å²) < 4.78 is 0. The standard InChI is InChI=1S/C11H19ClN2O2/c1-3-13(9(2)15)8-10-5-4-6-14(10)11(16)7-12/h10H,3-8H2,1-2H3/t10-/m1/s1. The number of likely N-dealkylation sites (tertiary alicyclic amines) is 1. The second-order valence-electron chi connectivity index (χ2n) is 4.07. The Hall–Kier alpha value is -0.770. The van der Waals surface area contributed by atoms with Crippen LogP contribution in [0.15, 0.2) is 0 Å². The van der Waals surface area contributed by atoms with Crippen molar-refractivity contribution in [1.29, 1.82) is 0 Å². The van der Waals surface area contributed by atoms with Crippen LogP contribution in [0.3, 0.4) is 0 Å². The number of nitrogens with zero attached hydrogens (tertiary/aromatic N) is 2. The third-order valence-corrected chi connectivity index (χ3v) is 3.30. The molecule has 16 heavy (non-hydrogen) atoms. The molecule has 4 nitrogen and oxygen atoms in total. The highest BCUT2D eigenvalue weighted by Gasteiger charge is 2.29. The van der Waals surface area contributed by atoms with Crippen LogP contribution >= 0.6 is 11.6 Å². The fraction of sp³-hybridized carbons (Fsp3) is 0.818. The SMILES string of the molecule is CCN(C[C@H]1CCCN1C(=O)CCl)C(C)=O. The van der Waals surface area contributed by atoms with Gasteiger partial charge >= 0.3 is 0 Å². The molecule has 2 amide bonds. The normalized spacial score (nSPS) is 19.9. The van der Waals surface area contributed by atoms with Gasteiger partial charge in [-0.05, 0) is 19.8 Å². The topological polar surface area (TPSA) is 40.6 Å². The minimum atomic E-state index is -0.0243. The Kier molecular flexibility index (Phi) is 5.06. The molecule has 0 bridgehead atoms. The van der Waals surface area contributed by atoms with Gasteiger partial charge in [0.1, 0.15) is 5.88 Å². The summed E-state index contributed by atoms with van der Waals surface area (Å²) in [5.41, 5.74) is 0. The molecular formula is C11H19ClN2O2. The maximum Gasteiger partial charge on any atom is 0.237 e. The molecule has 0 radical (unpaired) electrons. The molecule has 1 aliphatic heterocycles. The van der Waals surface area contributed by atoms with Gasteiger partial charge in [-0.15, -0.1) is 11.6 Å². The van der Waals surface area contributed by atoms with Gasteiger partial charge in [0.15, 0.2) is 0 Å². The molecule has 1 heterocycles. The zero-order valence-corrected chi connectivity index (χ0v) is 10.7. The Balaban J connectivity index is 2.58.